The quantitative estimate of drug-likeness (QED) is 0.117. The highest BCUT2D eigenvalue weighted by Gasteiger charge is 2.33. The second kappa shape index (κ2) is 13.5. The van der Waals surface area contributed by atoms with E-state index in [4.69, 9.17) is 0 Å². The van der Waals surface area contributed by atoms with Crippen molar-refractivity contribution in [3.05, 3.63) is 127 Å². The van der Waals surface area contributed by atoms with Crippen LogP contribution < -0.4 is 15.4 Å². The summed E-state index contributed by atoms with van der Waals surface area (Å²) in [7, 11) is -3.95. The molecule has 4 aromatic carbocycles. The van der Waals surface area contributed by atoms with E-state index in [1.54, 1.807) is 48.9 Å². The molecule has 1 atom stereocenters. The molecule has 5 aromatic rings. The zero-order valence-electron chi connectivity index (χ0n) is 23.9. The molecule has 44 heavy (non-hydrogen) atoms. The summed E-state index contributed by atoms with van der Waals surface area (Å²) >= 11 is 0. The van der Waals surface area contributed by atoms with Gasteiger partial charge in [-0.15, -0.1) is 0 Å². The van der Waals surface area contributed by atoms with Crippen molar-refractivity contribution < 1.29 is 23.1 Å². The van der Waals surface area contributed by atoms with Crippen LogP contribution in [-0.4, -0.2) is 47.2 Å². The van der Waals surface area contributed by atoms with E-state index >= 15 is 0 Å². The summed E-state index contributed by atoms with van der Waals surface area (Å²) in [5.74, 6) is -1.09. The van der Waals surface area contributed by atoms with Crippen LogP contribution in [0.4, 0.5) is 5.69 Å². The minimum absolute atomic E-state index is 0.0175. The number of carbonyl (C=O) groups excluding carboxylic acids is 2. The standard InChI is InChI=1S/C33H33N5O5S/c39-31(35-16-7-18-38-19-17-34-24-38)23-33(41,22-25-8-2-1-3-9-25)36-32(40)28-12-6-13-29(20-28)37-44(42,43)30-15-14-26-10-4-5-11-27(26)21-30/h1-6,8-15,17,19-21,24,37,41H,7,16,18,22-23H2,(H,35,39)(H,36,40)/t33-/m0/s1. The molecular formula is C33H33N5O5S. The fourth-order valence-electron chi connectivity index (χ4n) is 4.88. The molecule has 2 amide bonds. The molecule has 0 bridgehead atoms. The van der Waals surface area contributed by atoms with Gasteiger partial charge in [0.15, 0.2) is 5.72 Å². The molecule has 0 radical (unpaired) electrons. The number of aliphatic hydroxyl groups is 1. The SMILES string of the molecule is O=C(C[C@@](O)(Cc1ccccc1)NC(=O)c1cccc(NS(=O)(=O)c2ccc3ccccc3c2)c1)NCCCn1ccnc1. The number of fused-ring (bicyclic) bond motifs is 1. The van der Waals surface area contributed by atoms with E-state index in [0.717, 1.165) is 16.3 Å². The van der Waals surface area contributed by atoms with E-state index in [-0.39, 0.29) is 29.0 Å². The third-order valence-corrected chi connectivity index (χ3v) is 8.40. The van der Waals surface area contributed by atoms with Crippen LogP contribution in [0, 0.1) is 0 Å². The third-order valence-electron chi connectivity index (χ3n) is 7.02. The average molecular weight is 612 g/mol. The minimum Gasteiger partial charge on any atom is -0.370 e. The highest BCUT2D eigenvalue weighted by atomic mass is 32.2. The summed E-state index contributed by atoms with van der Waals surface area (Å²) in [5, 5.41) is 18.7. The number of hydrogen-bond acceptors (Lipinski definition) is 6. The van der Waals surface area contributed by atoms with Gasteiger partial charge in [0.05, 0.1) is 17.6 Å². The van der Waals surface area contributed by atoms with Gasteiger partial charge in [0.1, 0.15) is 0 Å². The topological polar surface area (TPSA) is 142 Å². The lowest BCUT2D eigenvalue weighted by Gasteiger charge is -2.29. The number of nitrogens with zero attached hydrogens (tertiary/aromatic N) is 2. The van der Waals surface area contributed by atoms with Gasteiger partial charge in [-0.05, 0) is 53.1 Å². The van der Waals surface area contributed by atoms with Crippen molar-refractivity contribution in [1.29, 1.82) is 0 Å². The normalized spacial score (nSPS) is 12.8. The van der Waals surface area contributed by atoms with Gasteiger partial charge in [-0.2, -0.15) is 0 Å². The Balaban J connectivity index is 1.27. The molecule has 0 aliphatic heterocycles. The highest BCUT2D eigenvalue weighted by molar-refractivity contribution is 7.92. The van der Waals surface area contributed by atoms with Crippen molar-refractivity contribution in [3.8, 4) is 0 Å². The van der Waals surface area contributed by atoms with Crippen LogP contribution in [0.5, 0.6) is 0 Å². The van der Waals surface area contributed by atoms with Crippen molar-refractivity contribution >= 4 is 38.3 Å². The first-order valence-corrected chi connectivity index (χ1v) is 15.6. The van der Waals surface area contributed by atoms with Gasteiger partial charge >= 0.3 is 0 Å². The molecule has 11 heteroatoms. The van der Waals surface area contributed by atoms with Crippen LogP contribution in [0.15, 0.2) is 121 Å². The lowest BCUT2D eigenvalue weighted by atomic mass is 9.98. The summed E-state index contributed by atoms with van der Waals surface area (Å²) < 4.78 is 30.7. The number of carbonyl (C=O) groups is 2. The zero-order valence-corrected chi connectivity index (χ0v) is 24.7. The Labute approximate surface area is 255 Å². The summed E-state index contributed by atoms with van der Waals surface area (Å²) in [6.07, 6.45) is 5.47. The number of sulfonamides is 1. The van der Waals surface area contributed by atoms with E-state index in [9.17, 15) is 23.1 Å². The summed E-state index contributed by atoms with van der Waals surface area (Å²) in [6.45, 7) is 1.05. The predicted octanol–water partition coefficient (Wildman–Crippen LogP) is 4.09. The van der Waals surface area contributed by atoms with Crippen molar-refractivity contribution in [3.63, 3.8) is 0 Å². The van der Waals surface area contributed by atoms with Crippen molar-refractivity contribution in [2.24, 2.45) is 0 Å². The molecule has 1 aromatic heterocycles. The molecule has 0 fully saturated rings. The van der Waals surface area contributed by atoms with Crippen LogP contribution in [0.2, 0.25) is 0 Å². The molecule has 0 saturated carbocycles. The molecular weight excluding hydrogens is 578 g/mol. The highest BCUT2D eigenvalue weighted by Crippen LogP contribution is 2.23. The monoisotopic (exact) mass is 611 g/mol. The first-order chi connectivity index (χ1) is 21.2. The van der Waals surface area contributed by atoms with Crippen LogP contribution in [0.3, 0.4) is 0 Å². The maximum Gasteiger partial charge on any atom is 0.261 e. The van der Waals surface area contributed by atoms with Crippen LogP contribution in [0.1, 0.15) is 28.8 Å². The number of anilines is 1. The molecule has 4 N–H and O–H groups in total. The van der Waals surface area contributed by atoms with Crippen molar-refractivity contribution in [2.75, 3.05) is 11.3 Å². The minimum atomic E-state index is -3.95. The molecule has 10 nitrogen and oxygen atoms in total. The fraction of sp³-hybridized carbons (Fsp3) is 0.182. The Morgan fingerprint density at radius 2 is 1.66 bits per heavy atom. The van der Waals surface area contributed by atoms with Gasteiger partial charge in [-0.1, -0.05) is 66.7 Å². The second-order valence-electron chi connectivity index (χ2n) is 10.5. The van der Waals surface area contributed by atoms with Gasteiger partial charge in [-0.3, -0.25) is 14.3 Å². The molecule has 0 aliphatic rings. The number of rotatable bonds is 13. The van der Waals surface area contributed by atoms with Crippen molar-refractivity contribution in [2.45, 2.75) is 36.4 Å². The number of hydrogen-bond donors (Lipinski definition) is 4. The van der Waals surface area contributed by atoms with Gasteiger partial charge in [0.2, 0.25) is 5.91 Å². The second-order valence-corrected chi connectivity index (χ2v) is 12.2. The number of imidazole rings is 1. The van der Waals surface area contributed by atoms with E-state index in [1.165, 1.54) is 30.3 Å². The average Bonchev–Trinajstić information content (AvgIpc) is 3.53. The molecule has 0 saturated heterocycles. The Bertz CT molecular complexity index is 1850. The maximum absolute atomic E-state index is 13.4. The number of benzene rings is 4. The molecule has 0 aliphatic carbocycles. The Morgan fingerprint density at radius 3 is 2.43 bits per heavy atom. The Kier molecular flexibility index (Phi) is 9.37. The third kappa shape index (κ3) is 8.09. The first-order valence-electron chi connectivity index (χ1n) is 14.1. The summed E-state index contributed by atoms with van der Waals surface area (Å²) in [6, 6.07) is 27.3. The van der Waals surface area contributed by atoms with Crippen LogP contribution in [-0.2, 0) is 27.8 Å². The molecule has 226 valence electrons. The largest absolute Gasteiger partial charge is 0.370 e. The van der Waals surface area contributed by atoms with E-state index < -0.39 is 27.6 Å². The zero-order chi connectivity index (χ0) is 31.0. The smallest absolute Gasteiger partial charge is 0.261 e. The molecule has 0 spiro atoms. The van der Waals surface area contributed by atoms with E-state index in [1.807, 2.05) is 41.1 Å². The maximum atomic E-state index is 13.4. The predicted molar refractivity (Wildman–Crippen MR) is 168 cm³/mol. The van der Waals surface area contributed by atoms with Gasteiger partial charge in [0.25, 0.3) is 15.9 Å². The number of nitrogens with one attached hydrogen (secondary N) is 3. The fourth-order valence-corrected chi connectivity index (χ4v) is 5.96. The Morgan fingerprint density at radius 1 is 0.886 bits per heavy atom. The number of aryl methyl sites for hydroxylation is 1. The van der Waals surface area contributed by atoms with E-state index in [2.05, 4.69) is 20.3 Å². The lowest BCUT2D eigenvalue weighted by Crippen LogP contribution is -2.53. The molecule has 0 unspecified atom stereocenters. The first kappa shape index (κ1) is 30.5. The van der Waals surface area contributed by atoms with Crippen LogP contribution in [0.25, 0.3) is 10.8 Å². The van der Waals surface area contributed by atoms with Gasteiger partial charge in [0, 0.05) is 43.2 Å². The summed E-state index contributed by atoms with van der Waals surface area (Å²) in [5.41, 5.74) is -0.905. The lowest BCUT2D eigenvalue weighted by molar-refractivity contribution is -0.126. The summed E-state index contributed by atoms with van der Waals surface area (Å²) in [4.78, 5) is 30.3. The van der Waals surface area contributed by atoms with E-state index in [0.29, 0.717) is 19.5 Å². The van der Waals surface area contributed by atoms with Crippen LogP contribution >= 0.6 is 0 Å². The molecule has 1 heterocycles. The Hall–Kier alpha value is -5.00. The van der Waals surface area contributed by atoms with Gasteiger partial charge in [-0.25, -0.2) is 13.4 Å². The number of aromatic nitrogens is 2. The molecule has 5 rings (SSSR count). The number of amides is 2. The van der Waals surface area contributed by atoms with Crippen molar-refractivity contribution in [1.82, 2.24) is 20.2 Å². The van der Waals surface area contributed by atoms with Gasteiger partial charge < -0.3 is 20.3 Å².